The number of hydrogen-bond acceptors (Lipinski definition) is 2. The second-order valence-electron chi connectivity index (χ2n) is 5.36. The maximum absolute atomic E-state index is 13.8. The molecule has 1 heterocycles. The topological polar surface area (TPSA) is 15.3 Å². The summed E-state index contributed by atoms with van der Waals surface area (Å²) < 4.78 is 13.8. The minimum Gasteiger partial charge on any atom is -0.307 e. The van der Waals surface area contributed by atoms with E-state index in [4.69, 9.17) is 0 Å². The normalized spacial score (nSPS) is 19.5. The summed E-state index contributed by atoms with van der Waals surface area (Å²) in [5.41, 5.74) is 0.808. The molecule has 2 rings (SSSR count). The van der Waals surface area contributed by atoms with Crippen LogP contribution in [0.5, 0.6) is 0 Å². The average molecular weight is 264 g/mol. The Hall–Kier alpha value is -0.930. The fourth-order valence-corrected chi connectivity index (χ4v) is 2.89. The zero-order valence-electron chi connectivity index (χ0n) is 12.0. The highest BCUT2D eigenvalue weighted by Gasteiger charge is 2.22. The lowest BCUT2D eigenvalue weighted by Crippen LogP contribution is -2.43. The van der Waals surface area contributed by atoms with Gasteiger partial charge in [-0.15, -0.1) is 0 Å². The number of likely N-dealkylation sites (tertiary alicyclic amines) is 1. The molecule has 0 bridgehead atoms. The van der Waals surface area contributed by atoms with Crippen LogP contribution in [0, 0.1) is 5.82 Å². The Balaban J connectivity index is 1.95. The van der Waals surface area contributed by atoms with Crippen LogP contribution in [0.3, 0.4) is 0 Å². The molecule has 1 saturated heterocycles. The van der Waals surface area contributed by atoms with Gasteiger partial charge in [0.1, 0.15) is 5.82 Å². The van der Waals surface area contributed by atoms with Crippen molar-refractivity contribution >= 4 is 0 Å². The highest BCUT2D eigenvalue weighted by molar-refractivity contribution is 5.21. The van der Waals surface area contributed by atoms with E-state index in [0.717, 1.165) is 31.6 Å². The Bertz CT molecular complexity index is 386. The zero-order chi connectivity index (χ0) is 13.7. The van der Waals surface area contributed by atoms with Gasteiger partial charge in [0, 0.05) is 17.6 Å². The molecule has 1 aliphatic heterocycles. The predicted octanol–water partition coefficient (Wildman–Crippen LogP) is 3.35. The van der Waals surface area contributed by atoms with E-state index < -0.39 is 0 Å². The van der Waals surface area contributed by atoms with E-state index >= 15 is 0 Å². The Labute approximate surface area is 116 Å². The number of halogens is 1. The van der Waals surface area contributed by atoms with Gasteiger partial charge in [-0.25, -0.2) is 4.39 Å². The second kappa shape index (κ2) is 7.01. The Kier molecular flexibility index (Phi) is 5.34. The summed E-state index contributed by atoms with van der Waals surface area (Å²) >= 11 is 0. The molecular weight excluding hydrogens is 239 g/mol. The molecule has 106 valence electrons. The first-order valence-corrected chi connectivity index (χ1v) is 7.47. The summed E-state index contributed by atoms with van der Waals surface area (Å²) in [6, 6.07) is 7.79. The number of piperidine rings is 1. The van der Waals surface area contributed by atoms with Crippen molar-refractivity contribution in [3.05, 3.63) is 35.6 Å². The smallest absolute Gasteiger partial charge is 0.127 e. The summed E-state index contributed by atoms with van der Waals surface area (Å²) in [5, 5.41) is 3.64. The van der Waals surface area contributed by atoms with E-state index in [0.29, 0.717) is 6.04 Å². The van der Waals surface area contributed by atoms with Crippen LogP contribution in [-0.2, 0) is 0 Å². The van der Waals surface area contributed by atoms with Crippen LogP contribution >= 0.6 is 0 Å². The van der Waals surface area contributed by atoms with Crippen molar-refractivity contribution in [3.8, 4) is 0 Å². The summed E-state index contributed by atoms with van der Waals surface area (Å²) in [4.78, 5) is 2.47. The average Bonchev–Trinajstić information content (AvgIpc) is 2.46. The molecule has 19 heavy (non-hydrogen) atoms. The third-order valence-corrected chi connectivity index (χ3v) is 4.16. The van der Waals surface area contributed by atoms with E-state index in [2.05, 4.69) is 24.1 Å². The zero-order valence-corrected chi connectivity index (χ0v) is 12.0. The highest BCUT2D eigenvalue weighted by atomic mass is 19.1. The molecule has 1 fully saturated rings. The van der Waals surface area contributed by atoms with Crippen LogP contribution < -0.4 is 5.32 Å². The molecule has 1 atom stereocenters. The molecule has 1 aromatic rings. The van der Waals surface area contributed by atoms with Gasteiger partial charge in [0.05, 0.1) is 0 Å². The lowest BCUT2D eigenvalue weighted by atomic mass is 9.99. The lowest BCUT2D eigenvalue weighted by molar-refractivity contribution is 0.197. The summed E-state index contributed by atoms with van der Waals surface area (Å²) in [6.45, 7) is 7.77. The van der Waals surface area contributed by atoms with Crippen LogP contribution in [0.2, 0.25) is 0 Å². The molecule has 0 spiro atoms. The third-order valence-electron chi connectivity index (χ3n) is 4.16. The Morgan fingerprint density at radius 3 is 2.53 bits per heavy atom. The Morgan fingerprint density at radius 2 is 1.95 bits per heavy atom. The van der Waals surface area contributed by atoms with Gasteiger partial charge in [0.25, 0.3) is 0 Å². The monoisotopic (exact) mass is 264 g/mol. The first-order valence-electron chi connectivity index (χ1n) is 7.47. The van der Waals surface area contributed by atoms with Crippen LogP contribution in [0.4, 0.5) is 4.39 Å². The third kappa shape index (κ3) is 3.77. The van der Waals surface area contributed by atoms with Gasteiger partial charge >= 0.3 is 0 Å². The van der Waals surface area contributed by atoms with Crippen molar-refractivity contribution in [2.45, 2.75) is 45.2 Å². The highest BCUT2D eigenvalue weighted by Crippen LogP contribution is 2.22. The largest absolute Gasteiger partial charge is 0.307 e. The number of rotatable bonds is 5. The van der Waals surface area contributed by atoms with Crippen molar-refractivity contribution in [2.24, 2.45) is 0 Å². The molecule has 0 unspecified atom stereocenters. The van der Waals surface area contributed by atoms with Crippen molar-refractivity contribution in [2.75, 3.05) is 19.6 Å². The molecule has 3 heteroatoms. The molecule has 0 aromatic heterocycles. The van der Waals surface area contributed by atoms with Gasteiger partial charge in [-0.05, 0) is 45.0 Å². The SMILES string of the molecule is CC[C@@H](NC1CCN(CC)CC1)c1ccccc1F. The number of nitrogens with zero attached hydrogens (tertiary/aromatic N) is 1. The first kappa shape index (κ1) is 14.5. The number of hydrogen-bond donors (Lipinski definition) is 1. The second-order valence-corrected chi connectivity index (χ2v) is 5.36. The van der Waals surface area contributed by atoms with Gasteiger partial charge in [-0.3, -0.25) is 0 Å². The molecule has 0 saturated carbocycles. The Morgan fingerprint density at radius 1 is 1.26 bits per heavy atom. The van der Waals surface area contributed by atoms with Crippen molar-refractivity contribution < 1.29 is 4.39 Å². The van der Waals surface area contributed by atoms with E-state index in [1.54, 1.807) is 12.1 Å². The summed E-state index contributed by atoms with van der Waals surface area (Å²) in [6.07, 6.45) is 3.26. The molecule has 0 aliphatic carbocycles. The van der Waals surface area contributed by atoms with E-state index in [1.165, 1.54) is 12.8 Å². The van der Waals surface area contributed by atoms with Gasteiger partial charge in [0.2, 0.25) is 0 Å². The first-order chi connectivity index (χ1) is 9.24. The fraction of sp³-hybridized carbons (Fsp3) is 0.625. The summed E-state index contributed by atoms with van der Waals surface area (Å²) in [5.74, 6) is -0.0900. The molecule has 2 nitrogen and oxygen atoms in total. The van der Waals surface area contributed by atoms with Crippen LogP contribution in [-0.4, -0.2) is 30.6 Å². The standard InChI is InChI=1S/C16H25FN2/c1-3-16(14-7-5-6-8-15(14)17)18-13-9-11-19(4-2)12-10-13/h5-8,13,16,18H,3-4,9-12H2,1-2H3/t16-/m1/s1. The minimum absolute atomic E-state index is 0.0900. The van der Waals surface area contributed by atoms with Crippen molar-refractivity contribution in [1.82, 2.24) is 10.2 Å². The predicted molar refractivity (Wildman–Crippen MR) is 77.7 cm³/mol. The molecule has 1 N–H and O–H groups in total. The van der Waals surface area contributed by atoms with Crippen molar-refractivity contribution in [3.63, 3.8) is 0 Å². The van der Waals surface area contributed by atoms with E-state index in [9.17, 15) is 4.39 Å². The van der Waals surface area contributed by atoms with Crippen LogP contribution in [0.1, 0.15) is 44.7 Å². The van der Waals surface area contributed by atoms with Gasteiger partial charge in [0.15, 0.2) is 0 Å². The maximum atomic E-state index is 13.8. The molecule has 1 aliphatic rings. The minimum atomic E-state index is -0.0900. The fourth-order valence-electron chi connectivity index (χ4n) is 2.89. The quantitative estimate of drug-likeness (QED) is 0.877. The molecule has 0 radical (unpaired) electrons. The molecular formula is C16H25FN2. The number of nitrogens with one attached hydrogen (secondary N) is 1. The number of benzene rings is 1. The molecule has 0 amide bonds. The van der Waals surface area contributed by atoms with E-state index in [1.807, 2.05) is 12.1 Å². The van der Waals surface area contributed by atoms with Gasteiger partial charge in [-0.2, -0.15) is 0 Å². The lowest BCUT2D eigenvalue weighted by Gasteiger charge is -2.34. The van der Waals surface area contributed by atoms with E-state index in [-0.39, 0.29) is 11.9 Å². The van der Waals surface area contributed by atoms with Crippen molar-refractivity contribution in [1.29, 1.82) is 0 Å². The van der Waals surface area contributed by atoms with Crippen LogP contribution in [0.15, 0.2) is 24.3 Å². The van der Waals surface area contributed by atoms with Gasteiger partial charge < -0.3 is 10.2 Å². The maximum Gasteiger partial charge on any atom is 0.127 e. The van der Waals surface area contributed by atoms with Gasteiger partial charge in [-0.1, -0.05) is 32.0 Å². The summed E-state index contributed by atoms with van der Waals surface area (Å²) in [7, 11) is 0. The van der Waals surface area contributed by atoms with Crippen LogP contribution in [0.25, 0.3) is 0 Å². The molecule has 1 aromatic carbocycles.